The Balaban J connectivity index is 2.03. The van der Waals surface area contributed by atoms with Gasteiger partial charge in [0.05, 0.1) is 0 Å². The molecule has 1 aliphatic heterocycles. The van der Waals surface area contributed by atoms with Crippen LogP contribution in [-0.4, -0.2) is 31.7 Å². The van der Waals surface area contributed by atoms with Crippen molar-refractivity contribution in [3.63, 3.8) is 0 Å². The molecule has 70 valence electrons. The first-order valence-corrected chi connectivity index (χ1v) is 4.58. The minimum atomic E-state index is -0.0637. The maximum absolute atomic E-state index is 10.9. The fraction of sp³-hybridized carbons (Fsp3) is 0.875. The topological polar surface area (TPSA) is 53.2 Å². The maximum Gasteiger partial charge on any atom is 0.314 e. The molecule has 1 aliphatic rings. The molecule has 1 heterocycles. The van der Waals surface area contributed by atoms with E-state index in [1.807, 2.05) is 6.92 Å². The van der Waals surface area contributed by atoms with Crippen molar-refractivity contribution < 1.29 is 4.79 Å². The largest absolute Gasteiger partial charge is 0.338 e. The average Bonchev–Trinajstić information content (AvgIpc) is 2.53. The predicted molar refractivity (Wildman–Crippen MR) is 48.1 cm³/mol. The zero-order valence-corrected chi connectivity index (χ0v) is 7.52. The van der Waals surface area contributed by atoms with Crippen LogP contribution >= 0.6 is 0 Å². The zero-order chi connectivity index (χ0) is 8.81. The summed E-state index contributed by atoms with van der Waals surface area (Å²) in [5, 5.41) is 8.82. The van der Waals surface area contributed by atoms with Crippen molar-refractivity contribution in [2.75, 3.05) is 19.6 Å². The zero-order valence-electron chi connectivity index (χ0n) is 7.52. The van der Waals surface area contributed by atoms with E-state index in [1.54, 1.807) is 0 Å². The molecule has 4 nitrogen and oxygen atoms in total. The Hall–Kier alpha value is -0.770. The molecule has 0 aliphatic carbocycles. The van der Waals surface area contributed by atoms with Gasteiger partial charge in [0.2, 0.25) is 0 Å². The van der Waals surface area contributed by atoms with Crippen LogP contribution in [-0.2, 0) is 0 Å². The molecule has 0 radical (unpaired) electrons. The van der Waals surface area contributed by atoms with E-state index in [9.17, 15) is 4.79 Å². The highest BCUT2D eigenvalue weighted by molar-refractivity contribution is 5.73. The third kappa shape index (κ3) is 3.09. The second-order valence-electron chi connectivity index (χ2n) is 3.03. The normalized spacial score (nSPS) is 22.2. The molecule has 1 saturated heterocycles. The predicted octanol–water partition coefficient (Wildman–Crippen LogP) is 0.0575. The Morgan fingerprint density at radius 3 is 3.00 bits per heavy atom. The van der Waals surface area contributed by atoms with Crippen LogP contribution in [0.5, 0.6) is 0 Å². The van der Waals surface area contributed by atoms with Gasteiger partial charge in [0.1, 0.15) is 0 Å². The molecule has 12 heavy (non-hydrogen) atoms. The number of hydrogen-bond donors (Lipinski definition) is 3. The Kier molecular flexibility index (Phi) is 3.87. The van der Waals surface area contributed by atoms with E-state index >= 15 is 0 Å². The summed E-state index contributed by atoms with van der Waals surface area (Å²) in [7, 11) is 0. The van der Waals surface area contributed by atoms with Crippen LogP contribution in [0.2, 0.25) is 0 Å². The van der Waals surface area contributed by atoms with Crippen LogP contribution in [0.1, 0.15) is 19.8 Å². The molecule has 1 rings (SSSR count). The number of rotatable bonds is 3. The number of carbonyl (C=O) groups is 1. The van der Waals surface area contributed by atoms with Gasteiger partial charge in [0.25, 0.3) is 0 Å². The van der Waals surface area contributed by atoms with Crippen LogP contribution in [0.15, 0.2) is 0 Å². The van der Waals surface area contributed by atoms with E-state index in [2.05, 4.69) is 16.0 Å². The van der Waals surface area contributed by atoms with Crippen molar-refractivity contribution in [1.29, 1.82) is 0 Å². The van der Waals surface area contributed by atoms with Crippen LogP contribution in [0, 0.1) is 0 Å². The molecule has 3 N–H and O–H groups in total. The molecule has 0 aromatic heterocycles. The van der Waals surface area contributed by atoms with Gasteiger partial charge >= 0.3 is 6.03 Å². The molecule has 0 saturated carbocycles. The average molecular weight is 171 g/mol. The molecule has 0 unspecified atom stereocenters. The Labute approximate surface area is 73.1 Å². The quantitative estimate of drug-likeness (QED) is 0.562. The SMILES string of the molecule is CCNC(=O)NC[C@@H]1CCCN1. The van der Waals surface area contributed by atoms with Gasteiger partial charge in [0.15, 0.2) is 0 Å². The van der Waals surface area contributed by atoms with E-state index in [0.29, 0.717) is 12.6 Å². The van der Waals surface area contributed by atoms with Crippen LogP contribution in [0.4, 0.5) is 4.79 Å². The Bertz CT molecular complexity index is 143. The van der Waals surface area contributed by atoms with Gasteiger partial charge in [-0.25, -0.2) is 4.79 Å². The van der Waals surface area contributed by atoms with Crippen LogP contribution in [0.25, 0.3) is 0 Å². The van der Waals surface area contributed by atoms with Gasteiger partial charge < -0.3 is 16.0 Å². The fourth-order valence-electron chi connectivity index (χ4n) is 1.37. The Morgan fingerprint density at radius 2 is 2.42 bits per heavy atom. The second kappa shape index (κ2) is 4.98. The second-order valence-corrected chi connectivity index (χ2v) is 3.03. The lowest BCUT2D eigenvalue weighted by molar-refractivity contribution is 0.240. The number of carbonyl (C=O) groups excluding carboxylic acids is 1. The molecule has 0 spiro atoms. The lowest BCUT2D eigenvalue weighted by Crippen LogP contribution is -2.42. The lowest BCUT2D eigenvalue weighted by atomic mass is 10.2. The third-order valence-corrected chi connectivity index (χ3v) is 2.01. The maximum atomic E-state index is 10.9. The van der Waals surface area contributed by atoms with Crippen LogP contribution < -0.4 is 16.0 Å². The molecule has 0 aromatic rings. The summed E-state index contributed by atoms with van der Waals surface area (Å²) in [5.74, 6) is 0. The first-order valence-electron chi connectivity index (χ1n) is 4.58. The summed E-state index contributed by atoms with van der Waals surface area (Å²) >= 11 is 0. The van der Waals surface area contributed by atoms with E-state index < -0.39 is 0 Å². The molecule has 0 bridgehead atoms. The number of nitrogens with one attached hydrogen (secondary N) is 3. The summed E-state index contributed by atoms with van der Waals surface area (Å²) in [4.78, 5) is 10.9. The molecule has 0 aromatic carbocycles. The first kappa shape index (κ1) is 9.32. The van der Waals surface area contributed by atoms with Crippen molar-refractivity contribution in [1.82, 2.24) is 16.0 Å². The van der Waals surface area contributed by atoms with Crippen molar-refractivity contribution >= 4 is 6.03 Å². The van der Waals surface area contributed by atoms with Gasteiger partial charge in [-0.15, -0.1) is 0 Å². The van der Waals surface area contributed by atoms with Gasteiger partial charge in [-0.2, -0.15) is 0 Å². The third-order valence-electron chi connectivity index (χ3n) is 2.01. The molecular weight excluding hydrogens is 154 g/mol. The van der Waals surface area contributed by atoms with E-state index in [-0.39, 0.29) is 6.03 Å². The summed E-state index contributed by atoms with van der Waals surface area (Å²) < 4.78 is 0. The molecule has 4 heteroatoms. The van der Waals surface area contributed by atoms with E-state index in [4.69, 9.17) is 0 Å². The highest BCUT2D eigenvalue weighted by Crippen LogP contribution is 2.02. The van der Waals surface area contributed by atoms with E-state index in [1.165, 1.54) is 12.8 Å². The minimum absolute atomic E-state index is 0.0637. The van der Waals surface area contributed by atoms with Gasteiger partial charge in [-0.05, 0) is 26.3 Å². The van der Waals surface area contributed by atoms with Gasteiger partial charge in [-0.3, -0.25) is 0 Å². The number of urea groups is 1. The summed E-state index contributed by atoms with van der Waals surface area (Å²) in [6.07, 6.45) is 2.40. The van der Waals surface area contributed by atoms with Crippen molar-refractivity contribution in [2.24, 2.45) is 0 Å². The number of amides is 2. The van der Waals surface area contributed by atoms with E-state index in [0.717, 1.165) is 13.1 Å². The van der Waals surface area contributed by atoms with Crippen LogP contribution in [0.3, 0.4) is 0 Å². The first-order chi connectivity index (χ1) is 5.83. The molecule has 1 fully saturated rings. The molecule has 1 atom stereocenters. The Morgan fingerprint density at radius 1 is 1.58 bits per heavy atom. The highest BCUT2D eigenvalue weighted by atomic mass is 16.2. The van der Waals surface area contributed by atoms with Gasteiger partial charge in [0, 0.05) is 19.1 Å². The monoisotopic (exact) mass is 171 g/mol. The minimum Gasteiger partial charge on any atom is -0.338 e. The summed E-state index contributed by atoms with van der Waals surface area (Å²) in [5.41, 5.74) is 0. The summed E-state index contributed by atoms with van der Waals surface area (Å²) in [6, 6.07) is 0.416. The lowest BCUT2D eigenvalue weighted by Gasteiger charge is -2.11. The van der Waals surface area contributed by atoms with Crippen molar-refractivity contribution in [3.8, 4) is 0 Å². The number of hydrogen-bond acceptors (Lipinski definition) is 2. The highest BCUT2D eigenvalue weighted by Gasteiger charge is 2.13. The standard InChI is InChI=1S/C8H17N3O/c1-2-9-8(12)11-6-7-4-3-5-10-7/h7,10H,2-6H2,1H3,(H2,9,11,12)/t7-/m0/s1. The van der Waals surface area contributed by atoms with Gasteiger partial charge in [-0.1, -0.05) is 0 Å². The molecular formula is C8H17N3O. The van der Waals surface area contributed by atoms with Crippen molar-refractivity contribution in [2.45, 2.75) is 25.8 Å². The smallest absolute Gasteiger partial charge is 0.314 e. The fourth-order valence-corrected chi connectivity index (χ4v) is 1.37. The molecule has 2 amide bonds. The van der Waals surface area contributed by atoms with Crippen molar-refractivity contribution in [3.05, 3.63) is 0 Å². The summed E-state index contributed by atoms with van der Waals surface area (Å²) in [6.45, 7) is 4.42.